The third kappa shape index (κ3) is 14.2. The van der Waals surface area contributed by atoms with Crippen molar-refractivity contribution in [3.63, 3.8) is 0 Å². The Kier molecular flexibility index (Phi) is 20.7. The number of alkyl halides is 12. The molecule has 0 spiro atoms. The van der Waals surface area contributed by atoms with E-state index in [1.807, 2.05) is 89.8 Å². The molecule has 0 bridgehead atoms. The number of hydrogen-bond acceptors (Lipinski definition) is 5. The second kappa shape index (κ2) is 25.9. The van der Waals surface area contributed by atoms with Gasteiger partial charge in [0.25, 0.3) is 0 Å². The minimum atomic E-state index is -6.04. The first kappa shape index (κ1) is 68.1. The number of aliphatic carboxylic acids is 1. The zero-order valence-corrected chi connectivity index (χ0v) is 47.5. The average Bonchev–Trinajstić information content (AvgIpc) is 1.70. The van der Waals surface area contributed by atoms with E-state index in [1.54, 1.807) is 36.4 Å². The molecule has 0 aliphatic rings. The summed E-state index contributed by atoms with van der Waals surface area (Å²) in [5.74, 6) is 2.90. The van der Waals surface area contributed by atoms with Crippen LogP contribution in [-0.4, -0.2) is 70.3 Å². The molecule has 0 aliphatic carbocycles. The zero-order valence-electron chi connectivity index (χ0n) is 47.5. The van der Waals surface area contributed by atoms with Gasteiger partial charge in [-0.1, -0.05) is 124 Å². The SMILES string of the molecule is CCC(CC)(c1ccc(C#CC(O)(C(F)(F)F)C(F)(F)F)c(C)c1)c1ccc(-c2ccc(CC(=O)O)c(F)c2)c(C)c1.CCC(CC)(c1ccc(C#CC(O)(C(F)(F)F)C(F)(F)F)c(C)c1)c1ccc(-c2ccc(CC(=O)OC)c(F)c2)c(C)c1. The molecule has 0 fully saturated rings. The molecule has 0 amide bonds. The van der Waals surface area contributed by atoms with Crippen LogP contribution in [0.2, 0.25) is 0 Å². The van der Waals surface area contributed by atoms with Crippen molar-refractivity contribution in [2.75, 3.05) is 7.11 Å². The first-order valence-corrected chi connectivity index (χ1v) is 26.4. The number of carboxylic acids is 1. The monoisotopic (exact) mass is 1200 g/mol. The summed E-state index contributed by atoms with van der Waals surface area (Å²) in [6, 6.07) is 29.6. The number of esters is 1. The van der Waals surface area contributed by atoms with Gasteiger partial charge < -0.3 is 20.1 Å². The Balaban J connectivity index is 0.000000311. The Morgan fingerprint density at radius 2 is 0.753 bits per heavy atom. The summed E-state index contributed by atoms with van der Waals surface area (Å²) < 4.78 is 190. The van der Waals surface area contributed by atoms with E-state index in [0.717, 1.165) is 56.3 Å². The van der Waals surface area contributed by atoms with Gasteiger partial charge in [0.15, 0.2) is 0 Å². The molecule has 3 N–H and O–H groups in total. The molecule has 6 nitrogen and oxygen atoms in total. The highest BCUT2D eigenvalue weighted by atomic mass is 19.4. The van der Waals surface area contributed by atoms with Gasteiger partial charge >= 0.3 is 47.8 Å². The maximum Gasteiger partial charge on any atom is 0.438 e. The fourth-order valence-corrected chi connectivity index (χ4v) is 10.3. The molecule has 6 aromatic rings. The second-order valence-corrected chi connectivity index (χ2v) is 20.5. The molecular weight excluding hydrogens is 1140 g/mol. The van der Waals surface area contributed by atoms with E-state index in [2.05, 4.69) is 4.74 Å². The van der Waals surface area contributed by atoms with E-state index >= 15 is 0 Å². The van der Waals surface area contributed by atoms with Gasteiger partial charge in [-0.2, -0.15) is 52.7 Å². The van der Waals surface area contributed by atoms with E-state index in [0.29, 0.717) is 47.9 Å². The lowest BCUT2D eigenvalue weighted by atomic mass is 9.69. The first-order valence-electron chi connectivity index (χ1n) is 26.4. The number of rotatable bonds is 14. The molecule has 20 heteroatoms. The van der Waals surface area contributed by atoms with Crippen LogP contribution in [-0.2, 0) is 38.0 Å². The van der Waals surface area contributed by atoms with Gasteiger partial charge in [0, 0.05) is 22.0 Å². The maximum atomic E-state index is 14.7. The summed E-state index contributed by atoms with van der Waals surface area (Å²) >= 11 is 0. The molecule has 0 aromatic heterocycles. The van der Waals surface area contributed by atoms with Crippen LogP contribution in [0.5, 0.6) is 0 Å². The predicted molar refractivity (Wildman–Crippen MR) is 293 cm³/mol. The molecule has 0 radical (unpaired) electrons. The first-order chi connectivity index (χ1) is 39.3. The molecule has 0 aliphatic heterocycles. The highest BCUT2D eigenvalue weighted by Crippen LogP contribution is 2.46. The molecule has 0 saturated carbocycles. The molecular formula is C65H60F14O6. The normalized spacial score (nSPS) is 12.5. The van der Waals surface area contributed by atoms with E-state index in [1.165, 1.54) is 57.4 Å². The summed E-state index contributed by atoms with van der Waals surface area (Å²) in [7, 11) is 1.23. The molecule has 85 heavy (non-hydrogen) atoms. The number of hydrogen-bond donors (Lipinski definition) is 3. The number of aryl methyl sites for hydroxylation is 4. The number of methoxy groups -OCH3 is 1. The lowest BCUT2D eigenvalue weighted by Crippen LogP contribution is -2.55. The van der Waals surface area contributed by atoms with Gasteiger partial charge in [-0.05, 0) is 167 Å². The van der Waals surface area contributed by atoms with Crippen molar-refractivity contribution in [1.82, 2.24) is 0 Å². The quantitative estimate of drug-likeness (QED) is 0.0570. The number of carboxylic acid groups (broad SMARTS) is 1. The van der Waals surface area contributed by atoms with Crippen molar-refractivity contribution >= 4 is 11.9 Å². The smallest absolute Gasteiger partial charge is 0.438 e. The topological polar surface area (TPSA) is 104 Å². The van der Waals surface area contributed by atoms with Crippen molar-refractivity contribution in [3.8, 4) is 45.9 Å². The molecule has 6 aromatic carbocycles. The van der Waals surface area contributed by atoms with Crippen LogP contribution < -0.4 is 0 Å². The third-order valence-electron chi connectivity index (χ3n) is 15.6. The van der Waals surface area contributed by atoms with Gasteiger partial charge in [0.05, 0.1) is 20.0 Å². The van der Waals surface area contributed by atoms with E-state index in [4.69, 9.17) is 5.11 Å². The lowest BCUT2D eigenvalue weighted by Gasteiger charge is -2.34. The average molecular weight is 1200 g/mol. The number of halogens is 14. The van der Waals surface area contributed by atoms with Crippen LogP contribution in [0, 0.1) is 63.0 Å². The second-order valence-electron chi connectivity index (χ2n) is 20.5. The fraction of sp³-hybridized carbons (Fsp3) is 0.354. The minimum absolute atomic E-state index is 0.0708. The van der Waals surface area contributed by atoms with Gasteiger partial charge in [-0.25, -0.2) is 8.78 Å². The Hall–Kier alpha value is -7.68. The van der Waals surface area contributed by atoms with Crippen molar-refractivity contribution < 1.29 is 91.1 Å². The summed E-state index contributed by atoms with van der Waals surface area (Å²) in [6.07, 6.45) is -22.3. The highest BCUT2D eigenvalue weighted by Gasteiger charge is 2.71. The molecule has 454 valence electrons. The standard InChI is InChI=1S/C33H31F7O3.C32H29F7O3/c1-6-30(7-2,25-11-10-22(20(3)16-25)14-15-31(42,32(35,36)37)33(38,39)40)26-12-13-27(21(4)17-26)23-8-9-24(28(34)18-23)19-29(41)43-5;1-5-29(6-2,24-10-9-21(19(3)15-24)13-14-30(42,31(34,35)36)32(37,38)39)25-11-12-26(20(4)16-25)22-7-8-23(18-28(40)41)27(33)17-22/h8-13,16-18,42H,6-7,19H2,1-5H3;7-12,15-17,42H,5-6,18H2,1-4H3,(H,40,41). The predicted octanol–water partition coefficient (Wildman–Crippen LogP) is 16.2. The fourth-order valence-electron chi connectivity index (χ4n) is 10.3. The van der Waals surface area contributed by atoms with E-state index in [9.17, 15) is 81.3 Å². The Bertz CT molecular complexity index is 3530. The Labute approximate surface area is 482 Å². The Morgan fingerprint density at radius 1 is 0.447 bits per heavy atom. The van der Waals surface area contributed by atoms with Crippen LogP contribution in [0.4, 0.5) is 61.5 Å². The van der Waals surface area contributed by atoms with Crippen LogP contribution >= 0.6 is 0 Å². The van der Waals surface area contributed by atoms with Gasteiger partial charge in [0.1, 0.15) is 11.6 Å². The van der Waals surface area contributed by atoms with Crippen LogP contribution in [0.25, 0.3) is 22.3 Å². The Morgan fingerprint density at radius 3 is 1.01 bits per heavy atom. The third-order valence-corrected chi connectivity index (χ3v) is 15.6. The summed E-state index contributed by atoms with van der Waals surface area (Å²) in [4.78, 5) is 22.5. The lowest BCUT2D eigenvalue weighted by molar-refractivity contribution is -0.344. The van der Waals surface area contributed by atoms with Crippen LogP contribution in [0.1, 0.15) is 120 Å². The number of carbonyl (C=O) groups excluding carboxylic acids is 1. The number of ether oxygens (including phenoxy) is 1. The van der Waals surface area contributed by atoms with Gasteiger partial charge in [-0.15, -0.1) is 0 Å². The molecule has 0 saturated heterocycles. The largest absolute Gasteiger partial charge is 0.481 e. The zero-order chi connectivity index (χ0) is 64.1. The molecule has 0 unspecified atom stereocenters. The van der Waals surface area contributed by atoms with Crippen LogP contribution in [0.15, 0.2) is 109 Å². The molecule has 6 rings (SSSR count). The minimum Gasteiger partial charge on any atom is -0.481 e. The molecule has 0 atom stereocenters. The van der Waals surface area contributed by atoms with E-state index < -0.39 is 76.7 Å². The van der Waals surface area contributed by atoms with Crippen LogP contribution in [0.3, 0.4) is 0 Å². The highest BCUT2D eigenvalue weighted by molar-refractivity contribution is 5.75. The van der Waals surface area contributed by atoms with Gasteiger partial charge in [0.2, 0.25) is 0 Å². The number of benzene rings is 6. The van der Waals surface area contributed by atoms with Gasteiger partial charge in [-0.3, -0.25) is 9.59 Å². The van der Waals surface area contributed by atoms with Crippen molar-refractivity contribution in [2.24, 2.45) is 0 Å². The summed E-state index contributed by atoms with van der Waals surface area (Å²) in [5.41, 5.74) is -2.92. The van der Waals surface area contributed by atoms with Crippen molar-refractivity contribution in [2.45, 2.75) is 141 Å². The maximum absolute atomic E-state index is 14.7. The van der Waals surface area contributed by atoms with Crippen molar-refractivity contribution in [3.05, 3.63) is 188 Å². The summed E-state index contributed by atoms with van der Waals surface area (Å²) in [5, 5.41) is 27.7. The molecule has 0 heterocycles. The number of carbonyl (C=O) groups is 2. The van der Waals surface area contributed by atoms with Crippen molar-refractivity contribution in [1.29, 1.82) is 0 Å². The summed E-state index contributed by atoms with van der Waals surface area (Å²) in [6.45, 7) is 14.6. The van der Waals surface area contributed by atoms with E-state index in [-0.39, 0.29) is 28.7 Å². The number of aliphatic hydroxyl groups is 2.